The number of benzene rings is 1. The van der Waals surface area contributed by atoms with Crippen LogP contribution in [0.1, 0.15) is 24.0 Å². The fourth-order valence-electron chi connectivity index (χ4n) is 4.21. The summed E-state index contributed by atoms with van der Waals surface area (Å²) in [5.41, 5.74) is 1.48. The summed E-state index contributed by atoms with van der Waals surface area (Å²) in [6.07, 6.45) is 3.85. The Hall–Kier alpha value is -2.89. The van der Waals surface area contributed by atoms with Crippen LogP contribution in [-0.4, -0.2) is 17.9 Å². The molecule has 3 atom stereocenters. The van der Waals surface area contributed by atoms with Crippen LogP contribution in [0.2, 0.25) is 0 Å². The number of carbonyl (C=O) groups excluding carboxylic acids is 1. The molecule has 122 valence electrons. The molecule has 1 aromatic carbocycles. The number of hydrogen-bond acceptors (Lipinski definition) is 5. The fourth-order valence-corrected chi connectivity index (χ4v) is 4.91. The molecule has 0 radical (unpaired) electrons. The summed E-state index contributed by atoms with van der Waals surface area (Å²) < 4.78 is 0. The Morgan fingerprint density at radius 1 is 1.24 bits per heavy atom. The average molecular weight is 345 g/mol. The first-order valence-corrected chi connectivity index (χ1v) is 8.99. The van der Waals surface area contributed by atoms with Gasteiger partial charge >= 0.3 is 0 Å². The number of anilines is 1. The van der Waals surface area contributed by atoms with Crippen LogP contribution in [0.5, 0.6) is 0 Å². The van der Waals surface area contributed by atoms with Gasteiger partial charge in [-0.1, -0.05) is 30.4 Å². The number of nitriles is 2. The molecule has 5 heteroatoms. The molecule has 0 amide bonds. The molecule has 0 unspecified atom stereocenters. The van der Waals surface area contributed by atoms with Crippen LogP contribution < -0.4 is 4.90 Å². The highest BCUT2D eigenvalue weighted by Gasteiger charge is 2.62. The Labute approximate surface area is 150 Å². The van der Waals surface area contributed by atoms with E-state index in [0.29, 0.717) is 0 Å². The van der Waals surface area contributed by atoms with Crippen molar-refractivity contribution in [1.82, 2.24) is 0 Å². The zero-order chi connectivity index (χ0) is 17.6. The van der Waals surface area contributed by atoms with Crippen LogP contribution in [0.3, 0.4) is 0 Å². The van der Waals surface area contributed by atoms with E-state index in [-0.39, 0.29) is 5.78 Å². The minimum absolute atomic E-state index is 0.0290. The molecule has 1 saturated heterocycles. The van der Waals surface area contributed by atoms with E-state index in [1.54, 1.807) is 6.92 Å². The summed E-state index contributed by atoms with van der Waals surface area (Å²) in [4.78, 5) is 14.6. The van der Waals surface area contributed by atoms with Crippen LogP contribution in [0.15, 0.2) is 47.2 Å². The molecule has 1 fully saturated rings. The molecule has 2 aliphatic heterocycles. The summed E-state index contributed by atoms with van der Waals surface area (Å²) >= 11 is 1.51. The quantitative estimate of drug-likeness (QED) is 0.831. The van der Waals surface area contributed by atoms with Crippen molar-refractivity contribution in [1.29, 1.82) is 10.5 Å². The first-order chi connectivity index (χ1) is 12.1. The smallest absolute Gasteiger partial charge is 0.176 e. The second-order valence-corrected chi connectivity index (χ2v) is 7.23. The zero-order valence-corrected chi connectivity index (χ0v) is 14.4. The van der Waals surface area contributed by atoms with Gasteiger partial charge in [-0.25, -0.2) is 0 Å². The van der Waals surface area contributed by atoms with Gasteiger partial charge in [-0.3, -0.25) is 4.79 Å². The SMILES string of the molecule is CC(=O)[C@H]1[C@@H](c2ccsc2)C(C#N)(C#N)[C@H]2C=Cc3ccccc3N12. The van der Waals surface area contributed by atoms with Crippen molar-refractivity contribution in [3.05, 3.63) is 58.3 Å². The maximum Gasteiger partial charge on any atom is 0.176 e. The lowest BCUT2D eigenvalue weighted by atomic mass is 9.70. The number of carbonyl (C=O) groups is 1. The van der Waals surface area contributed by atoms with E-state index in [0.717, 1.165) is 16.8 Å². The number of hydrogen-bond donors (Lipinski definition) is 0. The molecule has 4 nitrogen and oxygen atoms in total. The van der Waals surface area contributed by atoms with Crippen LogP contribution in [0.4, 0.5) is 5.69 Å². The number of rotatable bonds is 2. The highest BCUT2D eigenvalue weighted by molar-refractivity contribution is 7.08. The molecule has 25 heavy (non-hydrogen) atoms. The molecular formula is C20H15N3OS. The topological polar surface area (TPSA) is 67.9 Å². The van der Waals surface area contributed by atoms with Crippen molar-refractivity contribution < 1.29 is 4.79 Å². The van der Waals surface area contributed by atoms with E-state index in [1.807, 2.05) is 58.1 Å². The molecule has 0 N–H and O–H groups in total. The van der Waals surface area contributed by atoms with Gasteiger partial charge < -0.3 is 4.90 Å². The molecule has 0 spiro atoms. The minimum atomic E-state index is -1.30. The lowest BCUT2D eigenvalue weighted by Gasteiger charge is -2.35. The van der Waals surface area contributed by atoms with Crippen molar-refractivity contribution in [3.63, 3.8) is 0 Å². The fraction of sp³-hybridized carbons (Fsp3) is 0.250. The van der Waals surface area contributed by atoms with E-state index in [2.05, 4.69) is 12.1 Å². The van der Waals surface area contributed by atoms with Crippen molar-refractivity contribution in [2.75, 3.05) is 4.90 Å². The van der Waals surface area contributed by atoms with Gasteiger partial charge in [0.05, 0.1) is 24.2 Å². The number of ketones is 1. The molecule has 4 rings (SSSR count). The number of para-hydroxylation sites is 1. The van der Waals surface area contributed by atoms with E-state index in [4.69, 9.17) is 0 Å². The molecular weight excluding hydrogens is 330 g/mol. The van der Waals surface area contributed by atoms with Crippen molar-refractivity contribution in [2.24, 2.45) is 5.41 Å². The molecule has 0 bridgehead atoms. The summed E-state index contributed by atoms with van der Waals surface area (Å²) in [6, 6.07) is 13.3. The first-order valence-electron chi connectivity index (χ1n) is 8.04. The predicted molar refractivity (Wildman–Crippen MR) is 96.9 cm³/mol. The number of Topliss-reactive ketones (excluding diaryl/α,β-unsaturated/α-hetero) is 1. The third-order valence-corrected chi connectivity index (χ3v) is 5.94. The molecule has 1 aromatic heterocycles. The monoisotopic (exact) mass is 345 g/mol. The number of nitrogens with zero attached hydrogens (tertiary/aromatic N) is 3. The van der Waals surface area contributed by atoms with Gasteiger partial charge in [0, 0.05) is 11.6 Å². The largest absolute Gasteiger partial charge is 0.351 e. The predicted octanol–water partition coefficient (Wildman–Crippen LogP) is 3.74. The van der Waals surface area contributed by atoms with Crippen LogP contribution >= 0.6 is 11.3 Å². The van der Waals surface area contributed by atoms with Gasteiger partial charge in [-0.15, -0.1) is 0 Å². The maximum absolute atomic E-state index is 12.7. The summed E-state index contributed by atoms with van der Waals surface area (Å²) in [7, 11) is 0. The normalized spacial score (nSPS) is 25.6. The Morgan fingerprint density at radius 3 is 2.64 bits per heavy atom. The number of fused-ring (bicyclic) bond motifs is 3. The molecule has 2 aliphatic rings. The lowest BCUT2D eigenvalue weighted by Crippen LogP contribution is -2.43. The highest BCUT2D eigenvalue weighted by Crippen LogP contribution is 2.55. The van der Waals surface area contributed by atoms with Gasteiger partial charge in [0.1, 0.15) is 0 Å². The lowest BCUT2D eigenvalue weighted by molar-refractivity contribution is -0.118. The molecule has 2 aromatic rings. The summed E-state index contributed by atoms with van der Waals surface area (Å²) in [5, 5.41) is 23.9. The van der Waals surface area contributed by atoms with Gasteiger partial charge in [0.15, 0.2) is 11.2 Å². The molecule has 0 aliphatic carbocycles. The Balaban J connectivity index is 2.01. The Morgan fingerprint density at radius 2 is 2.00 bits per heavy atom. The van der Waals surface area contributed by atoms with Gasteiger partial charge in [0.25, 0.3) is 0 Å². The molecule has 0 saturated carbocycles. The highest BCUT2D eigenvalue weighted by atomic mass is 32.1. The third kappa shape index (κ3) is 2.00. The average Bonchev–Trinajstić information content (AvgIpc) is 3.25. The zero-order valence-electron chi connectivity index (χ0n) is 13.6. The second-order valence-electron chi connectivity index (χ2n) is 6.45. The van der Waals surface area contributed by atoms with E-state index in [9.17, 15) is 15.3 Å². The minimum Gasteiger partial charge on any atom is -0.351 e. The van der Waals surface area contributed by atoms with E-state index < -0.39 is 23.4 Å². The van der Waals surface area contributed by atoms with Crippen molar-refractivity contribution in [2.45, 2.75) is 24.9 Å². The first kappa shape index (κ1) is 15.6. The Kier molecular flexibility index (Phi) is 3.49. The molecule has 3 heterocycles. The standard InChI is InChI=1S/C20H15N3OS/c1-13(24)19-18(15-8-9-25-10-15)20(11-21,12-22)17-7-6-14-4-2-3-5-16(14)23(17)19/h2-10,17-19H,1H3/t17-,18-,19+/m1/s1. The second kappa shape index (κ2) is 5.58. The van der Waals surface area contributed by atoms with Crippen LogP contribution in [-0.2, 0) is 4.79 Å². The van der Waals surface area contributed by atoms with E-state index >= 15 is 0 Å². The van der Waals surface area contributed by atoms with Gasteiger partial charge in [-0.2, -0.15) is 21.9 Å². The summed E-state index contributed by atoms with van der Waals surface area (Å²) in [5.74, 6) is -0.509. The van der Waals surface area contributed by atoms with E-state index in [1.165, 1.54) is 11.3 Å². The van der Waals surface area contributed by atoms with Gasteiger partial charge in [0.2, 0.25) is 0 Å². The maximum atomic E-state index is 12.7. The van der Waals surface area contributed by atoms with Gasteiger partial charge in [-0.05, 0) is 40.9 Å². The Bertz CT molecular complexity index is 934. The van der Waals surface area contributed by atoms with Crippen molar-refractivity contribution >= 4 is 28.9 Å². The number of thiophene rings is 1. The van der Waals surface area contributed by atoms with Crippen molar-refractivity contribution in [3.8, 4) is 12.1 Å². The van der Waals surface area contributed by atoms with Crippen LogP contribution in [0.25, 0.3) is 6.08 Å². The van der Waals surface area contributed by atoms with Crippen LogP contribution in [0, 0.1) is 28.1 Å². The third-order valence-electron chi connectivity index (χ3n) is 5.23. The summed E-state index contributed by atoms with van der Waals surface area (Å²) in [6.45, 7) is 1.55.